The van der Waals surface area contributed by atoms with Crippen LogP contribution in [-0.2, 0) is 16.0 Å². The van der Waals surface area contributed by atoms with E-state index in [1.54, 1.807) is 17.0 Å². The van der Waals surface area contributed by atoms with E-state index >= 15 is 0 Å². The van der Waals surface area contributed by atoms with Crippen LogP contribution in [0.15, 0.2) is 41.6 Å². The number of benzene rings is 1. The first-order chi connectivity index (χ1) is 21.9. The Morgan fingerprint density at radius 2 is 1.62 bits per heavy atom. The Morgan fingerprint density at radius 3 is 2.36 bits per heavy atom. The number of nitrogens with one attached hydrogen (secondary N) is 2. The number of allylic oxidation sites excluding steroid dienone is 3. The molecule has 4 fully saturated rings. The number of halogens is 1. The molecule has 1 aromatic rings. The molecule has 0 saturated carbocycles. The summed E-state index contributed by atoms with van der Waals surface area (Å²) >= 11 is 6.17. The first-order valence-electron chi connectivity index (χ1n) is 16.8. The molecule has 11 heteroatoms. The summed E-state index contributed by atoms with van der Waals surface area (Å²) in [6, 6.07) is 4.78. The molecule has 0 unspecified atom stereocenters. The highest BCUT2D eigenvalue weighted by atomic mass is 35.5. The number of carbonyl (C=O) groups excluding carboxylic acids is 3. The molecule has 45 heavy (non-hydrogen) atoms. The Bertz CT molecular complexity index is 1310. The number of ether oxygens (including phenoxy) is 1. The van der Waals surface area contributed by atoms with Crippen LogP contribution in [0.25, 0.3) is 0 Å². The smallest absolute Gasteiger partial charge is 0.410 e. The standard InChI is InChI=1S/C34H46ClN5O5/c35-28-21-23(5-6-30(28)41)22-31(32(42)38-16-9-25(10-17-38)24-7-14-36-15-8-24)45-34(44)39-18-12-27(13-19-39)40-20-11-26-3-1-2-4-29(26)37-33(40)43/h3-6,21,24-25,27,31,36,41H,1-2,7-20,22H2,(H,37,43)/t31-/m1/s1. The van der Waals surface area contributed by atoms with Gasteiger partial charge in [-0.2, -0.15) is 0 Å². The molecule has 3 N–H and O–H groups in total. The number of fused-ring (bicyclic) bond motifs is 1. The van der Waals surface area contributed by atoms with E-state index in [1.165, 1.54) is 24.5 Å². The van der Waals surface area contributed by atoms with Gasteiger partial charge in [0.25, 0.3) is 5.91 Å². The minimum atomic E-state index is -0.993. The monoisotopic (exact) mass is 639 g/mol. The number of rotatable bonds is 6. The van der Waals surface area contributed by atoms with Gasteiger partial charge in [0.1, 0.15) is 5.75 Å². The maximum Gasteiger partial charge on any atom is 0.410 e. The number of hydrogen-bond donors (Lipinski definition) is 3. The van der Waals surface area contributed by atoms with Crippen LogP contribution in [0.3, 0.4) is 0 Å². The molecule has 244 valence electrons. The molecule has 5 aliphatic rings. The molecule has 4 heterocycles. The van der Waals surface area contributed by atoms with Crippen molar-refractivity contribution >= 4 is 29.6 Å². The van der Waals surface area contributed by atoms with Crippen molar-refractivity contribution in [1.82, 2.24) is 25.3 Å². The molecular weight excluding hydrogens is 594 g/mol. The van der Waals surface area contributed by atoms with Crippen molar-refractivity contribution in [3.63, 3.8) is 0 Å². The summed E-state index contributed by atoms with van der Waals surface area (Å²) in [5.41, 5.74) is 2.86. The largest absolute Gasteiger partial charge is 0.506 e. The Balaban J connectivity index is 1.07. The molecule has 1 aromatic carbocycles. The van der Waals surface area contributed by atoms with Crippen LogP contribution in [0.5, 0.6) is 5.75 Å². The maximum absolute atomic E-state index is 13.9. The number of nitrogens with zero attached hydrogens (tertiary/aromatic N) is 3. The van der Waals surface area contributed by atoms with Gasteiger partial charge in [-0.05, 0) is 106 Å². The number of carbonyl (C=O) groups is 3. The van der Waals surface area contributed by atoms with Gasteiger partial charge in [0.15, 0.2) is 6.10 Å². The van der Waals surface area contributed by atoms with E-state index in [4.69, 9.17) is 16.3 Å². The number of phenols is 1. The molecule has 4 amide bonds. The number of urea groups is 1. The average molecular weight is 640 g/mol. The second kappa shape index (κ2) is 14.5. The minimum absolute atomic E-state index is 0.0338. The van der Waals surface area contributed by atoms with E-state index in [-0.39, 0.29) is 35.2 Å². The van der Waals surface area contributed by atoms with Crippen molar-refractivity contribution < 1.29 is 24.2 Å². The summed E-state index contributed by atoms with van der Waals surface area (Å²) in [4.78, 5) is 45.8. The van der Waals surface area contributed by atoms with Crippen LogP contribution in [-0.4, -0.2) is 95.8 Å². The lowest BCUT2D eigenvalue weighted by Gasteiger charge is -2.39. The second-order valence-electron chi connectivity index (χ2n) is 13.1. The lowest BCUT2D eigenvalue weighted by atomic mass is 9.79. The molecule has 1 aliphatic carbocycles. The van der Waals surface area contributed by atoms with E-state index < -0.39 is 12.2 Å². The molecule has 6 rings (SSSR count). The Labute approximate surface area is 270 Å². The summed E-state index contributed by atoms with van der Waals surface area (Å²) in [7, 11) is 0. The number of hydrogen-bond acceptors (Lipinski definition) is 6. The molecule has 4 saturated heterocycles. The normalized spacial score (nSPS) is 23.0. The Morgan fingerprint density at radius 1 is 0.933 bits per heavy atom. The van der Waals surface area contributed by atoms with Crippen molar-refractivity contribution in [2.24, 2.45) is 11.8 Å². The second-order valence-corrected chi connectivity index (χ2v) is 13.5. The minimum Gasteiger partial charge on any atom is -0.506 e. The van der Waals surface area contributed by atoms with Crippen molar-refractivity contribution in [3.05, 3.63) is 52.2 Å². The van der Waals surface area contributed by atoms with Crippen molar-refractivity contribution in [3.8, 4) is 5.75 Å². The van der Waals surface area contributed by atoms with Crippen LogP contribution in [0.1, 0.15) is 63.4 Å². The van der Waals surface area contributed by atoms with Crippen LogP contribution in [0, 0.1) is 11.8 Å². The third-order valence-corrected chi connectivity index (χ3v) is 10.7. The Kier molecular flexibility index (Phi) is 10.2. The molecule has 1 atom stereocenters. The number of aromatic hydroxyl groups is 1. The number of phenolic OH excluding ortho intramolecular Hbond substituents is 1. The van der Waals surface area contributed by atoms with Crippen molar-refractivity contribution in [2.75, 3.05) is 45.8 Å². The average Bonchev–Trinajstić information content (AvgIpc) is 3.24. The van der Waals surface area contributed by atoms with Gasteiger partial charge in [0, 0.05) is 50.9 Å². The van der Waals surface area contributed by atoms with E-state index in [0.29, 0.717) is 63.0 Å². The fourth-order valence-electron chi connectivity index (χ4n) is 7.71. The molecule has 0 bridgehead atoms. The Hall–Kier alpha value is -3.24. The zero-order chi connectivity index (χ0) is 31.3. The first-order valence-corrected chi connectivity index (χ1v) is 17.1. The third kappa shape index (κ3) is 7.60. The van der Waals surface area contributed by atoms with Crippen LogP contribution < -0.4 is 10.6 Å². The molecule has 0 aromatic heterocycles. The lowest BCUT2D eigenvalue weighted by Crippen LogP contribution is -2.52. The van der Waals surface area contributed by atoms with Crippen LogP contribution in [0.4, 0.5) is 9.59 Å². The van der Waals surface area contributed by atoms with Crippen LogP contribution >= 0.6 is 11.6 Å². The maximum atomic E-state index is 13.9. The van der Waals surface area contributed by atoms with Gasteiger partial charge >= 0.3 is 12.1 Å². The number of amides is 4. The zero-order valence-corrected chi connectivity index (χ0v) is 26.8. The van der Waals surface area contributed by atoms with E-state index in [1.807, 2.05) is 9.80 Å². The van der Waals surface area contributed by atoms with Gasteiger partial charge in [0.05, 0.1) is 5.02 Å². The van der Waals surface area contributed by atoms with Gasteiger partial charge in [-0.15, -0.1) is 0 Å². The molecule has 10 nitrogen and oxygen atoms in total. The van der Waals surface area contributed by atoms with E-state index in [0.717, 1.165) is 50.9 Å². The van der Waals surface area contributed by atoms with Gasteiger partial charge in [-0.25, -0.2) is 9.59 Å². The topological polar surface area (TPSA) is 114 Å². The predicted octanol–water partition coefficient (Wildman–Crippen LogP) is 4.82. The number of piperidine rings is 3. The highest BCUT2D eigenvalue weighted by Gasteiger charge is 2.37. The summed E-state index contributed by atoms with van der Waals surface area (Å²) in [6.07, 6.45) is 11.4. The first kappa shape index (κ1) is 31.7. The summed E-state index contributed by atoms with van der Waals surface area (Å²) in [5, 5.41) is 16.6. The lowest BCUT2D eigenvalue weighted by molar-refractivity contribution is -0.142. The SMILES string of the molecule is O=C(O[C@H](Cc1ccc(O)c(Cl)c1)C(=O)N1CCC(C2CCNCC2)CC1)N1CCC(N2CCC3=CCCC=C3NC2=O)CC1. The highest BCUT2D eigenvalue weighted by molar-refractivity contribution is 6.32. The fraction of sp³-hybridized carbons (Fsp3) is 0.618. The van der Waals surface area contributed by atoms with Crippen LogP contribution in [0.2, 0.25) is 5.02 Å². The quantitative estimate of drug-likeness (QED) is 0.412. The van der Waals surface area contributed by atoms with Gasteiger partial charge < -0.3 is 35.2 Å². The van der Waals surface area contributed by atoms with Gasteiger partial charge in [0.2, 0.25) is 0 Å². The summed E-state index contributed by atoms with van der Waals surface area (Å²) < 4.78 is 5.98. The predicted molar refractivity (Wildman–Crippen MR) is 172 cm³/mol. The fourth-order valence-corrected chi connectivity index (χ4v) is 7.91. The molecule has 0 spiro atoms. The summed E-state index contributed by atoms with van der Waals surface area (Å²) in [5.74, 6) is 1.11. The van der Waals surface area contributed by atoms with Gasteiger partial charge in [-0.1, -0.05) is 29.8 Å². The zero-order valence-electron chi connectivity index (χ0n) is 26.0. The van der Waals surface area contributed by atoms with Crippen molar-refractivity contribution in [2.45, 2.75) is 76.4 Å². The third-order valence-electron chi connectivity index (χ3n) is 10.4. The van der Waals surface area contributed by atoms with E-state index in [2.05, 4.69) is 22.8 Å². The molecule has 0 radical (unpaired) electrons. The van der Waals surface area contributed by atoms with Gasteiger partial charge in [-0.3, -0.25) is 4.79 Å². The highest BCUT2D eigenvalue weighted by Crippen LogP contribution is 2.32. The van der Waals surface area contributed by atoms with E-state index in [9.17, 15) is 19.5 Å². The number of likely N-dealkylation sites (tertiary alicyclic amines) is 2. The van der Waals surface area contributed by atoms with Crippen molar-refractivity contribution in [1.29, 1.82) is 0 Å². The molecule has 4 aliphatic heterocycles. The molecular formula is C34H46ClN5O5. The summed E-state index contributed by atoms with van der Waals surface area (Å²) in [6.45, 7) is 5.01.